The number of thioether (sulfide) groups is 1. The fourth-order valence-electron chi connectivity index (χ4n) is 5.43. The highest BCUT2D eigenvalue weighted by Crippen LogP contribution is 2.49. The summed E-state index contributed by atoms with van der Waals surface area (Å²) in [5, 5.41) is 7.78. The van der Waals surface area contributed by atoms with Crippen LogP contribution in [0.1, 0.15) is 23.9 Å². The Kier molecular flexibility index (Phi) is 8.35. The van der Waals surface area contributed by atoms with E-state index in [1.54, 1.807) is 12.1 Å². The summed E-state index contributed by atoms with van der Waals surface area (Å²) in [5.41, 5.74) is 4.91. The van der Waals surface area contributed by atoms with Gasteiger partial charge < -0.3 is 9.45 Å². The Morgan fingerprint density at radius 3 is 2.20 bits per heavy atom. The molecule has 0 unspecified atom stereocenters. The van der Waals surface area contributed by atoms with Crippen LogP contribution < -0.4 is 9.47 Å². The molecular weight excluding hydrogens is 605 g/mol. The number of fused-ring (bicyclic) bond motifs is 6. The molecule has 1 aliphatic rings. The lowest BCUT2D eigenvalue weighted by molar-refractivity contribution is -0.641. The molecule has 5 aromatic carbocycles. The van der Waals surface area contributed by atoms with Crippen molar-refractivity contribution in [1.29, 1.82) is 0 Å². The van der Waals surface area contributed by atoms with E-state index in [2.05, 4.69) is 115 Å². The van der Waals surface area contributed by atoms with Crippen LogP contribution >= 0.6 is 23.1 Å². The van der Waals surface area contributed by atoms with Crippen LogP contribution in [0, 0.1) is 6.92 Å². The third-order valence-electron chi connectivity index (χ3n) is 7.82. The van der Waals surface area contributed by atoms with E-state index in [0.29, 0.717) is 0 Å². The van der Waals surface area contributed by atoms with E-state index < -0.39 is 10.1 Å². The second-order valence-corrected chi connectivity index (χ2v) is 14.3. The Balaban J connectivity index is 0.000000265. The van der Waals surface area contributed by atoms with Crippen LogP contribution in [0.5, 0.6) is 0 Å². The largest absolute Gasteiger partial charge is 0.744 e. The summed E-state index contributed by atoms with van der Waals surface area (Å²) in [6.45, 7) is 4.06. The molecule has 1 aliphatic heterocycles. The smallest absolute Gasteiger partial charge is 0.262 e. The van der Waals surface area contributed by atoms with Crippen molar-refractivity contribution in [3.05, 3.63) is 124 Å². The number of rotatable bonds is 4. The van der Waals surface area contributed by atoms with Crippen LogP contribution in [0.3, 0.4) is 0 Å². The highest BCUT2D eigenvalue weighted by molar-refractivity contribution is 8.03. The van der Waals surface area contributed by atoms with Gasteiger partial charge in [0.25, 0.3) is 5.01 Å². The van der Waals surface area contributed by atoms with Crippen LogP contribution in [0.2, 0.25) is 0 Å². The molecule has 0 saturated carbocycles. The van der Waals surface area contributed by atoms with Gasteiger partial charge in [0.2, 0.25) is 5.52 Å². The van der Waals surface area contributed by atoms with Crippen LogP contribution in [0.4, 0.5) is 5.69 Å². The first kappa shape index (κ1) is 30.1. The molecule has 1 aromatic heterocycles. The minimum atomic E-state index is -4.27. The standard InChI is InChI=1S/C29H25N2S2.C7H8O3S/c1-4-19(17-26-30(2)28-22-11-7-5-9-20(22)13-15-24(28)32-26)18-27-31(3)29-23-12-8-6-10-21(23)14-16-25(29)33-27;1-6-2-4-7(5-3-6)11(8,9)10/h5-18H,4H2,1-3H3;2-5H,1H3,(H,8,9,10)/q+1;/p-1. The van der Waals surface area contributed by atoms with Gasteiger partial charge >= 0.3 is 0 Å². The van der Waals surface area contributed by atoms with Gasteiger partial charge in [0.05, 0.1) is 21.0 Å². The Morgan fingerprint density at radius 2 is 1.52 bits per heavy atom. The minimum absolute atomic E-state index is 0.178. The lowest BCUT2D eigenvalue weighted by Crippen LogP contribution is -2.29. The molecule has 0 fully saturated rings. The number of aryl methyl sites for hydroxylation is 2. The fourth-order valence-corrected chi connectivity index (χ4v) is 8.19. The van der Waals surface area contributed by atoms with Crippen molar-refractivity contribution in [3.63, 3.8) is 0 Å². The minimum Gasteiger partial charge on any atom is -0.744 e. The van der Waals surface area contributed by atoms with Gasteiger partial charge in [-0.15, -0.1) is 0 Å². The molecule has 0 bridgehead atoms. The number of nitrogens with zero attached hydrogens (tertiary/aromatic N) is 2. The lowest BCUT2D eigenvalue weighted by atomic mass is 10.1. The molecule has 0 spiro atoms. The normalized spacial score (nSPS) is 14.3. The Labute approximate surface area is 266 Å². The van der Waals surface area contributed by atoms with Gasteiger partial charge in [0.1, 0.15) is 21.9 Å². The molecule has 8 heteroatoms. The zero-order valence-corrected chi connectivity index (χ0v) is 27.4. The van der Waals surface area contributed by atoms with Crippen LogP contribution in [0.15, 0.2) is 124 Å². The second kappa shape index (κ2) is 12.2. The molecule has 0 radical (unpaired) electrons. The zero-order valence-electron chi connectivity index (χ0n) is 24.9. The van der Waals surface area contributed by atoms with E-state index in [4.69, 9.17) is 0 Å². The molecule has 0 aliphatic carbocycles. The molecule has 7 rings (SSSR count). The number of thiazole rings is 1. The van der Waals surface area contributed by atoms with Crippen molar-refractivity contribution in [1.82, 2.24) is 0 Å². The molecular formula is C36H32N2O3S3. The molecule has 6 aromatic rings. The van der Waals surface area contributed by atoms with Gasteiger partial charge in [0.15, 0.2) is 0 Å². The van der Waals surface area contributed by atoms with Gasteiger partial charge in [-0.05, 0) is 66.1 Å². The summed E-state index contributed by atoms with van der Waals surface area (Å²) in [6, 6.07) is 32.1. The van der Waals surface area contributed by atoms with Gasteiger partial charge in [-0.3, -0.25) is 0 Å². The van der Waals surface area contributed by atoms with Gasteiger partial charge in [0, 0.05) is 23.4 Å². The summed E-state index contributed by atoms with van der Waals surface area (Å²) in [4.78, 5) is 3.50. The van der Waals surface area contributed by atoms with Crippen LogP contribution in [0.25, 0.3) is 37.8 Å². The first-order valence-corrected chi connectivity index (χ1v) is 17.4. The highest BCUT2D eigenvalue weighted by atomic mass is 32.2. The van der Waals surface area contributed by atoms with E-state index in [-0.39, 0.29) is 4.90 Å². The summed E-state index contributed by atoms with van der Waals surface area (Å²) in [6.07, 6.45) is 5.72. The summed E-state index contributed by atoms with van der Waals surface area (Å²) in [7, 11) is 0.111. The van der Waals surface area contributed by atoms with Gasteiger partial charge in [-0.25, -0.2) is 8.42 Å². The maximum atomic E-state index is 10.4. The second-order valence-electron chi connectivity index (χ2n) is 10.7. The Morgan fingerprint density at radius 1 is 0.886 bits per heavy atom. The Hall–Kier alpha value is -3.95. The fraction of sp³-hybridized carbons (Fsp3) is 0.139. The van der Waals surface area contributed by atoms with E-state index in [9.17, 15) is 13.0 Å². The summed E-state index contributed by atoms with van der Waals surface area (Å²) >= 11 is 3.73. The van der Waals surface area contributed by atoms with Crippen molar-refractivity contribution in [2.24, 2.45) is 7.05 Å². The number of hydrogen-bond donors (Lipinski definition) is 0. The molecule has 222 valence electrons. The van der Waals surface area contributed by atoms with Crippen molar-refractivity contribution >= 4 is 76.7 Å². The average Bonchev–Trinajstić information content (AvgIpc) is 3.52. The van der Waals surface area contributed by atoms with Crippen molar-refractivity contribution < 1.29 is 17.5 Å². The molecule has 2 heterocycles. The zero-order chi connectivity index (χ0) is 31.0. The third-order valence-corrected chi connectivity index (χ3v) is 11.0. The summed E-state index contributed by atoms with van der Waals surface area (Å²) in [5.74, 6) is 0. The van der Waals surface area contributed by atoms with E-state index in [1.807, 2.05) is 30.0 Å². The van der Waals surface area contributed by atoms with Crippen LogP contribution in [-0.4, -0.2) is 20.0 Å². The third kappa shape index (κ3) is 5.90. The number of hydrogen-bond acceptors (Lipinski definition) is 6. The first-order valence-electron chi connectivity index (χ1n) is 14.3. The Bertz CT molecular complexity index is 2200. The van der Waals surface area contributed by atoms with Crippen molar-refractivity contribution in [2.75, 3.05) is 11.9 Å². The van der Waals surface area contributed by atoms with Crippen molar-refractivity contribution in [2.45, 2.75) is 30.1 Å². The van der Waals surface area contributed by atoms with Gasteiger partial charge in [-0.1, -0.05) is 102 Å². The monoisotopic (exact) mass is 636 g/mol. The lowest BCUT2D eigenvalue weighted by Gasteiger charge is -2.16. The molecule has 0 saturated heterocycles. The molecule has 0 amide bonds. The maximum absolute atomic E-state index is 10.4. The van der Waals surface area contributed by atoms with Gasteiger partial charge in [-0.2, -0.15) is 4.57 Å². The molecule has 44 heavy (non-hydrogen) atoms. The predicted octanol–water partition coefficient (Wildman–Crippen LogP) is 8.81. The molecule has 5 nitrogen and oxygen atoms in total. The van der Waals surface area contributed by atoms with Crippen LogP contribution in [-0.2, 0) is 17.2 Å². The van der Waals surface area contributed by atoms with E-state index >= 15 is 0 Å². The molecule has 0 N–H and O–H groups in total. The highest BCUT2D eigenvalue weighted by Gasteiger charge is 2.25. The predicted molar refractivity (Wildman–Crippen MR) is 184 cm³/mol. The topological polar surface area (TPSA) is 64.3 Å². The first-order chi connectivity index (χ1) is 21.1. The number of benzene rings is 5. The number of anilines is 1. The quantitative estimate of drug-likeness (QED) is 0.143. The van der Waals surface area contributed by atoms with E-state index in [1.165, 1.54) is 70.1 Å². The van der Waals surface area contributed by atoms with E-state index in [0.717, 1.165) is 12.0 Å². The SMILES string of the molecule is CCC(/C=C1\Sc2ccc3ccccc3c2N1C)=C\c1sc2ccc3ccccc3c2[n+]1C.Cc1ccc(S(=O)(=O)[O-])cc1. The average molecular weight is 637 g/mol. The maximum Gasteiger partial charge on any atom is 0.262 e. The number of allylic oxidation sites excluding steroid dienone is 2. The van der Waals surface area contributed by atoms with Crippen molar-refractivity contribution in [3.8, 4) is 0 Å². The summed E-state index contributed by atoms with van der Waals surface area (Å²) < 4.78 is 34.8. The number of aromatic nitrogens is 1. The molecule has 0 atom stereocenters.